The van der Waals surface area contributed by atoms with E-state index in [1.54, 1.807) is 7.11 Å². The maximum atomic E-state index is 11.5. The SMILES string of the molecule is COCCNC(=O)COc1c(C)cc(Br)cc1CN. The van der Waals surface area contributed by atoms with Crippen molar-refractivity contribution in [3.05, 3.63) is 27.7 Å². The van der Waals surface area contributed by atoms with Gasteiger partial charge in [0.05, 0.1) is 6.61 Å². The first-order valence-electron chi connectivity index (χ1n) is 5.96. The van der Waals surface area contributed by atoms with Gasteiger partial charge in [0, 0.05) is 30.2 Å². The lowest BCUT2D eigenvalue weighted by atomic mass is 10.1. The first-order chi connectivity index (χ1) is 9.08. The van der Waals surface area contributed by atoms with Crippen LogP contribution < -0.4 is 15.8 Å². The highest BCUT2D eigenvalue weighted by molar-refractivity contribution is 9.10. The van der Waals surface area contributed by atoms with Crippen LogP contribution in [-0.4, -0.2) is 32.8 Å². The van der Waals surface area contributed by atoms with Crippen LogP contribution in [-0.2, 0) is 16.1 Å². The third-order valence-corrected chi connectivity index (χ3v) is 2.97. The predicted octanol–water partition coefficient (Wildman–Crippen LogP) is 1.36. The minimum Gasteiger partial charge on any atom is -0.483 e. The molecule has 1 amide bonds. The number of hydrogen-bond acceptors (Lipinski definition) is 4. The van der Waals surface area contributed by atoms with Crippen molar-refractivity contribution in [2.75, 3.05) is 26.9 Å². The third kappa shape index (κ3) is 5.18. The van der Waals surface area contributed by atoms with Gasteiger partial charge < -0.3 is 20.5 Å². The van der Waals surface area contributed by atoms with Crippen LogP contribution in [0.2, 0.25) is 0 Å². The Morgan fingerprint density at radius 3 is 2.84 bits per heavy atom. The summed E-state index contributed by atoms with van der Waals surface area (Å²) in [5, 5.41) is 2.69. The summed E-state index contributed by atoms with van der Waals surface area (Å²) < 4.78 is 11.3. The lowest BCUT2D eigenvalue weighted by molar-refractivity contribution is -0.123. The van der Waals surface area contributed by atoms with Crippen molar-refractivity contribution < 1.29 is 14.3 Å². The molecule has 0 radical (unpaired) electrons. The Morgan fingerprint density at radius 2 is 2.21 bits per heavy atom. The normalized spacial score (nSPS) is 10.3. The maximum absolute atomic E-state index is 11.5. The van der Waals surface area contributed by atoms with E-state index in [0.717, 1.165) is 15.6 Å². The Kier molecular flexibility index (Phi) is 6.83. The minimum absolute atomic E-state index is 0.0286. The molecule has 0 saturated carbocycles. The Balaban J connectivity index is 2.60. The molecular formula is C13H19BrN2O3. The molecule has 5 nitrogen and oxygen atoms in total. The van der Waals surface area contributed by atoms with Crippen LogP contribution in [0.1, 0.15) is 11.1 Å². The van der Waals surface area contributed by atoms with Crippen LogP contribution >= 0.6 is 15.9 Å². The van der Waals surface area contributed by atoms with Gasteiger partial charge in [-0.3, -0.25) is 4.79 Å². The molecule has 0 bridgehead atoms. The number of carbonyl (C=O) groups is 1. The fourth-order valence-corrected chi connectivity index (χ4v) is 2.26. The summed E-state index contributed by atoms with van der Waals surface area (Å²) in [6.45, 7) is 3.21. The zero-order chi connectivity index (χ0) is 14.3. The molecule has 0 aliphatic heterocycles. The van der Waals surface area contributed by atoms with Gasteiger partial charge in [-0.05, 0) is 24.6 Å². The van der Waals surface area contributed by atoms with Crippen molar-refractivity contribution in [3.63, 3.8) is 0 Å². The van der Waals surface area contributed by atoms with Crippen LogP contribution in [0.3, 0.4) is 0 Å². The van der Waals surface area contributed by atoms with Crippen LogP contribution in [0.5, 0.6) is 5.75 Å². The Labute approximate surface area is 121 Å². The number of carbonyl (C=O) groups excluding carboxylic acids is 1. The van der Waals surface area contributed by atoms with Crippen molar-refractivity contribution in [1.29, 1.82) is 0 Å². The van der Waals surface area contributed by atoms with E-state index < -0.39 is 0 Å². The van der Waals surface area contributed by atoms with Gasteiger partial charge in [0.15, 0.2) is 6.61 Å². The van der Waals surface area contributed by atoms with Gasteiger partial charge in [0.2, 0.25) is 0 Å². The summed E-state index contributed by atoms with van der Waals surface area (Å²) in [5.41, 5.74) is 7.49. The first kappa shape index (κ1) is 15.9. The highest BCUT2D eigenvalue weighted by atomic mass is 79.9. The molecule has 0 unspecified atom stereocenters. The van der Waals surface area contributed by atoms with Gasteiger partial charge in [-0.1, -0.05) is 15.9 Å². The number of ether oxygens (including phenoxy) is 2. The topological polar surface area (TPSA) is 73.6 Å². The quantitative estimate of drug-likeness (QED) is 0.740. The average molecular weight is 331 g/mol. The number of amides is 1. The Morgan fingerprint density at radius 1 is 1.47 bits per heavy atom. The third-order valence-electron chi connectivity index (χ3n) is 2.51. The summed E-state index contributed by atoms with van der Waals surface area (Å²) in [6.07, 6.45) is 0. The maximum Gasteiger partial charge on any atom is 0.258 e. The number of halogens is 1. The highest BCUT2D eigenvalue weighted by Crippen LogP contribution is 2.27. The predicted molar refractivity (Wildman–Crippen MR) is 77.2 cm³/mol. The fraction of sp³-hybridized carbons (Fsp3) is 0.462. The molecule has 0 saturated heterocycles. The van der Waals surface area contributed by atoms with Crippen molar-refractivity contribution in [3.8, 4) is 5.75 Å². The zero-order valence-electron chi connectivity index (χ0n) is 11.2. The molecule has 0 aliphatic rings. The van der Waals surface area contributed by atoms with E-state index in [-0.39, 0.29) is 12.5 Å². The molecule has 6 heteroatoms. The first-order valence-corrected chi connectivity index (χ1v) is 6.75. The van der Waals surface area contributed by atoms with Crippen molar-refractivity contribution in [2.24, 2.45) is 5.73 Å². The van der Waals surface area contributed by atoms with Crippen molar-refractivity contribution in [1.82, 2.24) is 5.32 Å². The molecule has 0 atom stereocenters. The molecule has 1 aromatic rings. The number of nitrogens with one attached hydrogen (secondary N) is 1. The van der Waals surface area contributed by atoms with E-state index in [2.05, 4.69) is 21.2 Å². The van der Waals surface area contributed by atoms with E-state index >= 15 is 0 Å². The van der Waals surface area contributed by atoms with Crippen molar-refractivity contribution >= 4 is 21.8 Å². The van der Waals surface area contributed by atoms with Crippen LogP contribution in [0.25, 0.3) is 0 Å². The number of rotatable bonds is 7. The Bertz CT molecular complexity index is 438. The number of aryl methyl sites for hydroxylation is 1. The molecule has 0 fully saturated rings. The molecule has 1 aromatic carbocycles. The molecule has 3 N–H and O–H groups in total. The molecular weight excluding hydrogens is 312 g/mol. The molecule has 0 spiro atoms. The second-order valence-electron chi connectivity index (χ2n) is 4.05. The zero-order valence-corrected chi connectivity index (χ0v) is 12.7. The van der Waals surface area contributed by atoms with Gasteiger partial charge in [0.25, 0.3) is 5.91 Å². The van der Waals surface area contributed by atoms with Crippen LogP contribution in [0.4, 0.5) is 0 Å². The molecule has 19 heavy (non-hydrogen) atoms. The van der Waals surface area contributed by atoms with Gasteiger partial charge >= 0.3 is 0 Å². The fourth-order valence-electron chi connectivity index (χ4n) is 1.64. The lowest BCUT2D eigenvalue weighted by Gasteiger charge is -2.14. The Hall–Kier alpha value is -1.11. The van der Waals surface area contributed by atoms with E-state index in [9.17, 15) is 4.79 Å². The molecule has 0 aromatic heterocycles. The molecule has 1 rings (SSSR count). The van der Waals surface area contributed by atoms with Crippen LogP contribution in [0, 0.1) is 6.92 Å². The second-order valence-corrected chi connectivity index (χ2v) is 4.96. The van der Waals surface area contributed by atoms with Gasteiger partial charge in [0.1, 0.15) is 5.75 Å². The summed E-state index contributed by atoms with van der Waals surface area (Å²) >= 11 is 3.41. The summed E-state index contributed by atoms with van der Waals surface area (Å²) in [4.78, 5) is 11.5. The molecule has 0 heterocycles. The summed E-state index contributed by atoms with van der Waals surface area (Å²) in [5.74, 6) is 0.495. The smallest absolute Gasteiger partial charge is 0.258 e. The second kappa shape index (κ2) is 8.14. The van der Waals surface area contributed by atoms with E-state index in [0.29, 0.717) is 25.4 Å². The lowest BCUT2D eigenvalue weighted by Crippen LogP contribution is -2.31. The summed E-state index contributed by atoms with van der Waals surface area (Å²) in [7, 11) is 1.58. The average Bonchev–Trinajstić information content (AvgIpc) is 2.37. The van der Waals surface area contributed by atoms with E-state index in [4.69, 9.17) is 15.2 Å². The largest absolute Gasteiger partial charge is 0.483 e. The molecule has 0 aliphatic carbocycles. The number of methoxy groups -OCH3 is 1. The standard InChI is InChI=1S/C13H19BrN2O3/c1-9-5-11(14)6-10(7-15)13(9)19-8-12(17)16-3-4-18-2/h5-6H,3-4,7-8,15H2,1-2H3,(H,16,17). The van der Waals surface area contributed by atoms with E-state index in [1.165, 1.54) is 0 Å². The van der Waals surface area contributed by atoms with Crippen LogP contribution in [0.15, 0.2) is 16.6 Å². The van der Waals surface area contributed by atoms with Gasteiger partial charge in [-0.2, -0.15) is 0 Å². The number of nitrogens with two attached hydrogens (primary N) is 1. The number of hydrogen-bond donors (Lipinski definition) is 2. The summed E-state index contributed by atoms with van der Waals surface area (Å²) in [6, 6.07) is 3.82. The highest BCUT2D eigenvalue weighted by Gasteiger charge is 2.10. The monoisotopic (exact) mass is 330 g/mol. The van der Waals surface area contributed by atoms with E-state index in [1.807, 2.05) is 19.1 Å². The minimum atomic E-state index is -0.178. The van der Waals surface area contributed by atoms with Gasteiger partial charge in [-0.25, -0.2) is 0 Å². The number of benzene rings is 1. The van der Waals surface area contributed by atoms with Crippen molar-refractivity contribution in [2.45, 2.75) is 13.5 Å². The molecule has 106 valence electrons. The van der Waals surface area contributed by atoms with Gasteiger partial charge in [-0.15, -0.1) is 0 Å².